The first-order valence-corrected chi connectivity index (χ1v) is 9.07. The lowest BCUT2D eigenvalue weighted by Crippen LogP contribution is -2.54. The van der Waals surface area contributed by atoms with Crippen LogP contribution in [-0.2, 0) is 0 Å². The average molecular weight is 297 g/mol. The molecule has 0 bridgehead atoms. The van der Waals surface area contributed by atoms with Crippen molar-refractivity contribution in [1.29, 1.82) is 0 Å². The number of rotatable bonds is 1. The van der Waals surface area contributed by atoms with Gasteiger partial charge in [0.2, 0.25) is 5.54 Å². The van der Waals surface area contributed by atoms with Gasteiger partial charge in [-0.1, -0.05) is 30.2 Å². The molecule has 0 heterocycles. The molecule has 1 heteroatoms. The van der Waals surface area contributed by atoms with E-state index in [4.69, 9.17) is 6.57 Å². The summed E-state index contributed by atoms with van der Waals surface area (Å²) in [5.74, 6) is 4.35. The van der Waals surface area contributed by atoms with Crippen molar-refractivity contribution >= 4 is 0 Å². The topological polar surface area (TPSA) is 4.36 Å². The van der Waals surface area contributed by atoms with E-state index in [1.165, 1.54) is 18.4 Å². The van der Waals surface area contributed by atoms with Gasteiger partial charge in [-0.3, -0.25) is 0 Å². The minimum atomic E-state index is -0.122. The third kappa shape index (κ3) is 2.36. The van der Waals surface area contributed by atoms with Crippen LogP contribution in [0, 0.1) is 42.1 Å². The van der Waals surface area contributed by atoms with Crippen LogP contribution < -0.4 is 0 Å². The molecule has 0 aromatic carbocycles. The fourth-order valence-electron chi connectivity index (χ4n) is 6.01. The van der Waals surface area contributed by atoms with Crippen molar-refractivity contribution in [2.24, 2.45) is 35.5 Å². The molecule has 0 amide bonds. The summed E-state index contributed by atoms with van der Waals surface area (Å²) in [7, 11) is 0. The second kappa shape index (κ2) is 5.55. The first-order chi connectivity index (χ1) is 10.4. The third-order valence-corrected chi connectivity index (χ3v) is 7.01. The molecular formula is C21H31N. The van der Waals surface area contributed by atoms with Gasteiger partial charge in [-0.05, 0) is 69.6 Å². The first-order valence-electron chi connectivity index (χ1n) is 9.07. The summed E-state index contributed by atoms with van der Waals surface area (Å²) in [6.07, 6.45) is 9.85. The van der Waals surface area contributed by atoms with E-state index in [9.17, 15) is 0 Å². The van der Waals surface area contributed by atoms with Crippen molar-refractivity contribution in [2.45, 2.75) is 65.8 Å². The van der Waals surface area contributed by atoms with Gasteiger partial charge in [0.15, 0.2) is 0 Å². The Labute approximate surface area is 136 Å². The van der Waals surface area contributed by atoms with Gasteiger partial charge in [-0.25, -0.2) is 6.57 Å². The molecule has 120 valence electrons. The normalized spacial score (nSPS) is 47.0. The summed E-state index contributed by atoms with van der Waals surface area (Å²) in [5.41, 5.74) is 2.94. The van der Waals surface area contributed by atoms with E-state index in [0.717, 1.165) is 30.6 Å². The molecule has 0 saturated heterocycles. The molecule has 0 aliphatic heterocycles. The van der Waals surface area contributed by atoms with Gasteiger partial charge < -0.3 is 4.85 Å². The van der Waals surface area contributed by atoms with Gasteiger partial charge in [-0.15, -0.1) is 0 Å². The Morgan fingerprint density at radius 1 is 1.41 bits per heavy atom. The van der Waals surface area contributed by atoms with E-state index in [1.54, 1.807) is 5.57 Å². The lowest BCUT2D eigenvalue weighted by atomic mass is 9.47. The Kier molecular flexibility index (Phi) is 4.00. The highest BCUT2D eigenvalue weighted by Crippen LogP contribution is 2.59. The van der Waals surface area contributed by atoms with Crippen molar-refractivity contribution in [2.75, 3.05) is 0 Å². The predicted octanol–water partition coefficient (Wildman–Crippen LogP) is 5.90. The quantitative estimate of drug-likeness (QED) is 0.419. The monoisotopic (exact) mass is 297 g/mol. The Bertz CT molecular complexity index is 545. The fraction of sp³-hybridized carbons (Fsp3) is 0.762. The SMILES string of the molecule is [C-]#[N+][C@@]1(C)CC[C@H]2[C@H]3[C@@H](C(C)=CC[C@@H]31)[C@H](C=C(C)C)C[C@@H]2C. The second-order valence-electron chi connectivity index (χ2n) is 8.69. The van der Waals surface area contributed by atoms with Crippen LogP contribution in [0.15, 0.2) is 23.3 Å². The van der Waals surface area contributed by atoms with Gasteiger partial charge in [-0.2, -0.15) is 0 Å². The Balaban J connectivity index is 2.05. The lowest BCUT2D eigenvalue weighted by molar-refractivity contribution is -0.0267. The molecule has 22 heavy (non-hydrogen) atoms. The van der Waals surface area contributed by atoms with Crippen molar-refractivity contribution in [3.8, 4) is 0 Å². The molecule has 0 unspecified atom stereocenters. The summed E-state index contributed by atoms with van der Waals surface area (Å²) < 4.78 is 0. The lowest BCUT2D eigenvalue weighted by Gasteiger charge is -2.56. The van der Waals surface area contributed by atoms with E-state index in [1.807, 2.05) is 0 Å². The summed E-state index contributed by atoms with van der Waals surface area (Å²) in [6.45, 7) is 19.3. The van der Waals surface area contributed by atoms with Gasteiger partial charge >= 0.3 is 0 Å². The van der Waals surface area contributed by atoms with Crippen LogP contribution in [-0.4, -0.2) is 5.54 Å². The van der Waals surface area contributed by atoms with E-state index in [2.05, 4.69) is 51.6 Å². The molecule has 3 aliphatic carbocycles. The summed E-state index contributed by atoms with van der Waals surface area (Å²) in [5, 5.41) is 0. The maximum Gasteiger partial charge on any atom is 0.233 e. The van der Waals surface area contributed by atoms with E-state index < -0.39 is 0 Å². The summed E-state index contributed by atoms with van der Waals surface area (Å²) in [4.78, 5) is 4.13. The molecule has 7 atom stereocenters. The minimum absolute atomic E-state index is 0.122. The zero-order valence-corrected chi connectivity index (χ0v) is 14.9. The fourth-order valence-corrected chi connectivity index (χ4v) is 6.01. The Hall–Kier alpha value is -1.03. The molecule has 0 aromatic heterocycles. The van der Waals surface area contributed by atoms with Gasteiger partial charge in [0.05, 0.1) is 0 Å². The highest BCUT2D eigenvalue weighted by atomic mass is 14.8. The smallest absolute Gasteiger partial charge is 0.233 e. The van der Waals surface area contributed by atoms with Crippen molar-refractivity contribution < 1.29 is 0 Å². The van der Waals surface area contributed by atoms with Gasteiger partial charge in [0.1, 0.15) is 0 Å². The van der Waals surface area contributed by atoms with Crippen molar-refractivity contribution in [1.82, 2.24) is 0 Å². The highest BCUT2D eigenvalue weighted by molar-refractivity contribution is 5.24. The number of hydrogen-bond donors (Lipinski definition) is 0. The maximum atomic E-state index is 7.78. The van der Waals surface area contributed by atoms with Crippen LogP contribution >= 0.6 is 0 Å². The molecular weight excluding hydrogens is 266 g/mol. The molecule has 2 fully saturated rings. The molecule has 1 nitrogen and oxygen atoms in total. The standard InChI is InChI=1S/C21H31N/c1-13(2)11-16-12-15(4)17-9-10-21(5,22-6)18-8-7-14(3)19(16)20(17)18/h7,11,15-20H,8-10,12H2,1-5H3/t15-,16+,17+,18-,19-,20+,21-/m0/s1. The van der Waals surface area contributed by atoms with E-state index in [-0.39, 0.29) is 5.54 Å². The maximum absolute atomic E-state index is 7.78. The van der Waals surface area contributed by atoms with Gasteiger partial charge in [0.25, 0.3) is 0 Å². The zero-order chi connectivity index (χ0) is 16.1. The highest BCUT2D eigenvalue weighted by Gasteiger charge is 2.58. The van der Waals surface area contributed by atoms with Crippen LogP contribution in [0.1, 0.15) is 60.3 Å². The average Bonchev–Trinajstić information content (AvgIpc) is 2.45. The second-order valence-corrected chi connectivity index (χ2v) is 8.69. The first kappa shape index (κ1) is 15.9. The molecule has 3 aliphatic rings. The van der Waals surface area contributed by atoms with Crippen LogP contribution in [0.25, 0.3) is 4.85 Å². The Morgan fingerprint density at radius 2 is 2.14 bits per heavy atom. The van der Waals surface area contributed by atoms with E-state index in [0.29, 0.717) is 17.8 Å². The van der Waals surface area contributed by atoms with Crippen molar-refractivity contribution in [3.05, 3.63) is 34.7 Å². The largest absolute Gasteiger partial charge is 0.310 e. The molecule has 0 N–H and O–H groups in total. The van der Waals surface area contributed by atoms with Crippen LogP contribution in [0.4, 0.5) is 0 Å². The number of nitrogens with zero attached hydrogens (tertiary/aromatic N) is 1. The number of allylic oxidation sites excluding steroid dienone is 4. The number of hydrogen-bond acceptors (Lipinski definition) is 0. The van der Waals surface area contributed by atoms with Crippen molar-refractivity contribution in [3.63, 3.8) is 0 Å². The third-order valence-electron chi connectivity index (χ3n) is 7.01. The molecule has 3 rings (SSSR count). The summed E-state index contributed by atoms with van der Waals surface area (Å²) >= 11 is 0. The summed E-state index contributed by atoms with van der Waals surface area (Å²) in [6, 6.07) is 0. The van der Waals surface area contributed by atoms with Crippen LogP contribution in [0.5, 0.6) is 0 Å². The minimum Gasteiger partial charge on any atom is -0.310 e. The molecule has 0 radical (unpaired) electrons. The molecule has 0 aromatic rings. The Morgan fingerprint density at radius 3 is 2.77 bits per heavy atom. The molecule has 0 spiro atoms. The van der Waals surface area contributed by atoms with E-state index >= 15 is 0 Å². The van der Waals surface area contributed by atoms with Crippen LogP contribution in [0.2, 0.25) is 0 Å². The zero-order valence-electron chi connectivity index (χ0n) is 14.9. The molecule has 2 saturated carbocycles. The van der Waals surface area contributed by atoms with Crippen LogP contribution in [0.3, 0.4) is 0 Å². The predicted molar refractivity (Wildman–Crippen MR) is 93.3 cm³/mol. The van der Waals surface area contributed by atoms with Gasteiger partial charge in [0, 0.05) is 19.3 Å².